The molecule has 2 N–H and O–H groups in total. The summed E-state index contributed by atoms with van der Waals surface area (Å²) in [6.07, 6.45) is 4.24. The Labute approximate surface area is 61.8 Å². The predicted molar refractivity (Wildman–Crippen MR) is 43.6 cm³/mol. The van der Waals surface area contributed by atoms with E-state index in [0.29, 0.717) is 0 Å². The molecule has 2 nitrogen and oxygen atoms in total. The van der Waals surface area contributed by atoms with Gasteiger partial charge in [0, 0.05) is 12.3 Å². The lowest BCUT2D eigenvalue weighted by molar-refractivity contribution is 0.727. The smallest absolute Gasteiger partial charge is 0.0481 e. The maximum atomic E-state index is 7.52. The van der Waals surface area contributed by atoms with Gasteiger partial charge >= 0.3 is 0 Å². The first kappa shape index (κ1) is 7.48. The van der Waals surface area contributed by atoms with Crippen LogP contribution >= 0.6 is 0 Å². The lowest BCUT2D eigenvalue weighted by Crippen LogP contribution is -2.31. The van der Waals surface area contributed by atoms with Crippen LogP contribution in [0.25, 0.3) is 0 Å². The highest BCUT2D eigenvalue weighted by Crippen LogP contribution is 2.07. The molecule has 0 aromatic rings. The molecule has 1 fully saturated rings. The third kappa shape index (κ3) is 1.67. The van der Waals surface area contributed by atoms with E-state index in [-0.39, 0.29) is 0 Å². The summed E-state index contributed by atoms with van der Waals surface area (Å²) >= 11 is 0. The standard InChI is InChI=1S/C8H14N2/c1-2-3-7-4-5-10-6-8(7)9/h3,9-10H,2,4-6H2,1H3/b7-3-,9-8?. The van der Waals surface area contributed by atoms with Crippen LogP contribution in [-0.4, -0.2) is 18.8 Å². The molecular formula is C8H14N2. The Morgan fingerprint density at radius 3 is 3.10 bits per heavy atom. The molecule has 0 spiro atoms. The maximum absolute atomic E-state index is 7.52. The molecule has 1 aliphatic heterocycles. The molecule has 0 amide bonds. The van der Waals surface area contributed by atoms with Crippen molar-refractivity contribution in [1.29, 1.82) is 5.41 Å². The van der Waals surface area contributed by atoms with Gasteiger partial charge < -0.3 is 10.7 Å². The van der Waals surface area contributed by atoms with Gasteiger partial charge in [-0.1, -0.05) is 13.0 Å². The zero-order valence-electron chi connectivity index (χ0n) is 6.41. The van der Waals surface area contributed by atoms with E-state index in [2.05, 4.69) is 18.3 Å². The van der Waals surface area contributed by atoms with Gasteiger partial charge in [-0.15, -0.1) is 0 Å². The minimum Gasteiger partial charge on any atom is -0.311 e. The van der Waals surface area contributed by atoms with Crippen LogP contribution in [0.1, 0.15) is 19.8 Å². The predicted octanol–water partition coefficient (Wildman–Crippen LogP) is 1.34. The van der Waals surface area contributed by atoms with Crippen molar-refractivity contribution < 1.29 is 0 Å². The summed E-state index contributed by atoms with van der Waals surface area (Å²) in [5.41, 5.74) is 2.01. The number of hydrogen-bond donors (Lipinski definition) is 2. The van der Waals surface area contributed by atoms with E-state index in [1.807, 2.05) is 0 Å². The van der Waals surface area contributed by atoms with Gasteiger partial charge in [0.2, 0.25) is 0 Å². The van der Waals surface area contributed by atoms with Gasteiger partial charge in [0.1, 0.15) is 0 Å². The quantitative estimate of drug-likeness (QED) is 0.563. The number of allylic oxidation sites excluding steroid dienone is 1. The summed E-state index contributed by atoms with van der Waals surface area (Å²) in [5.74, 6) is 0. The second-order valence-electron chi connectivity index (χ2n) is 2.54. The average Bonchev–Trinajstić information content (AvgIpc) is 1.94. The fourth-order valence-electron chi connectivity index (χ4n) is 1.17. The van der Waals surface area contributed by atoms with Crippen molar-refractivity contribution in [2.75, 3.05) is 13.1 Å². The van der Waals surface area contributed by atoms with Crippen LogP contribution < -0.4 is 5.32 Å². The number of nitrogens with one attached hydrogen (secondary N) is 2. The molecule has 1 saturated heterocycles. The van der Waals surface area contributed by atoms with E-state index in [1.165, 1.54) is 5.57 Å². The molecule has 0 saturated carbocycles. The van der Waals surface area contributed by atoms with E-state index in [4.69, 9.17) is 5.41 Å². The first-order chi connectivity index (χ1) is 4.84. The van der Waals surface area contributed by atoms with Crippen molar-refractivity contribution in [3.63, 3.8) is 0 Å². The third-order valence-electron chi connectivity index (χ3n) is 1.71. The summed E-state index contributed by atoms with van der Waals surface area (Å²) in [6.45, 7) is 3.91. The monoisotopic (exact) mass is 138 g/mol. The van der Waals surface area contributed by atoms with Crippen LogP contribution in [0.4, 0.5) is 0 Å². The molecule has 0 atom stereocenters. The van der Waals surface area contributed by atoms with Crippen molar-refractivity contribution >= 4 is 5.71 Å². The van der Waals surface area contributed by atoms with Gasteiger partial charge in [-0.3, -0.25) is 0 Å². The van der Waals surface area contributed by atoms with E-state index in [0.717, 1.165) is 31.6 Å². The fourth-order valence-corrected chi connectivity index (χ4v) is 1.17. The van der Waals surface area contributed by atoms with Gasteiger partial charge in [0.15, 0.2) is 0 Å². The molecule has 10 heavy (non-hydrogen) atoms. The minimum absolute atomic E-state index is 0.756. The summed E-state index contributed by atoms with van der Waals surface area (Å²) in [6, 6.07) is 0. The van der Waals surface area contributed by atoms with E-state index in [1.54, 1.807) is 0 Å². The maximum Gasteiger partial charge on any atom is 0.0481 e. The molecule has 0 unspecified atom stereocenters. The first-order valence-electron chi connectivity index (χ1n) is 3.82. The molecular weight excluding hydrogens is 124 g/mol. The minimum atomic E-state index is 0.756. The van der Waals surface area contributed by atoms with E-state index in [9.17, 15) is 0 Å². The van der Waals surface area contributed by atoms with Crippen LogP contribution in [0.15, 0.2) is 11.6 Å². The topological polar surface area (TPSA) is 35.9 Å². The largest absolute Gasteiger partial charge is 0.311 e. The Morgan fingerprint density at radius 1 is 1.70 bits per heavy atom. The molecule has 1 heterocycles. The second-order valence-corrected chi connectivity index (χ2v) is 2.54. The molecule has 2 heteroatoms. The van der Waals surface area contributed by atoms with Gasteiger partial charge in [-0.05, 0) is 25.0 Å². The van der Waals surface area contributed by atoms with E-state index < -0.39 is 0 Å². The van der Waals surface area contributed by atoms with Crippen molar-refractivity contribution in [1.82, 2.24) is 5.32 Å². The molecule has 56 valence electrons. The van der Waals surface area contributed by atoms with Crippen LogP contribution in [0.3, 0.4) is 0 Å². The molecule has 0 radical (unpaired) electrons. The molecule has 1 rings (SSSR count). The van der Waals surface area contributed by atoms with E-state index >= 15 is 0 Å². The molecule has 1 aliphatic rings. The Hall–Kier alpha value is -0.630. The summed E-state index contributed by atoms with van der Waals surface area (Å²) in [7, 11) is 0. The lowest BCUT2D eigenvalue weighted by atomic mass is 10.0. The van der Waals surface area contributed by atoms with Crippen molar-refractivity contribution in [3.8, 4) is 0 Å². The SMILES string of the molecule is CC/C=C1/CCNCC1=N. The summed E-state index contributed by atoms with van der Waals surface area (Å²) in [5, 5.41) is 10.7. The Kier molecular flexibility index (Phi) is 2.63. The number of rotatable bonds is 1. The number of piperidine rings is 1. The normalized spacial score (nSPS) is 23.7. The first-order valence-corrected chi connectivity index (χ1v) is 3.82. The highest BCUT2D eigenvalue weighted by atomic mass is 14.9. The molecule has 0 aromatic carbocycles. The molecule has 0 aliphatic carbocycles. The molecule has 0 bridgehead atoms. The van der Waals surface area contributed by atoms with Crippen LogP contribution in [-0.2, 0) is 0 Å². The fraction of sp³-hybridized carbons (Fsp3) is 0.625. The van der Waals surface area contributed by atoms with Crippen LogP contribution in [0.2, 0.25) is 0 Å². The van der Waals surface area contributed by atoms with Crippen molar-refractivity contribution in [2.24, 2.45) is 0 Å². The lowest BCUT2D eigenvalue weighted by Gasteiger charge is -2.16. The Balaban J connectivity index is 2.56. The highest BCUT2D eigenvalue weighted by Gasteiger charge is 2.08. The van der Waals surface area contributed by atoms with Gasteiger partial charge in [0.25, 0.3) is 0 Å². The highest BCUT2D eigenvalue weighted by molar-refractivity contribution is 5.99. The van der Waals surface area contributed by atoms with Crippen molar-refractivity contribution in [2.45, 2.75) is 19.8 Å². The Bertz CT molecular complexity index is 159. The van der Waals surface area contributed by atoms with Gasteiger partial charge in [-0.25, -0.2) is 0 Å². The summed E-state index contributed by atoms with van der Waals surface area (Å²) < 4.78 is 0. The van der Waals surface area contributed by atoms with Crippen LogP contribution in [0.5, 0.6) is 0 Å². The Morgan fingerprint density at radius 2 is 2.50 bits per heavy atom. The molecule has 0 aromatic heterocycles. The van der Waals surface area contributed by atoms with Crippen molar-refractivity contribution in [3.05, 3.63) is 11.6 Å². The summed E-state index contributed by atoms with van der Waals surface area (Å²) in [4.78, 5) is 0. The number of hydrogen-bond acceptors (Lipinski definition) is 2. The van der Waals surface area contributed by atoms with Gasteiger partial charge in [-0.2, -0.15) is 0 Å². The van der Waals surface area contributed by atoms with Crippen LogP contribution in [0, 0.1) is 5.41 Å². The second kappa shape index (κ2) is 3.52. The zero-order chi connectivity index (χ0) is 7.40. The average molecular weight is 138 g/mol. The third-order valence-corrected chi connectivity index (χ3v) is 1.71. The zero-order valence-corrected chi connectivity index (χ0v) is 6.41. The van der Waals surface area contributed by atoms with Gasteiger partial charge in [0.05, 0.1) is 0 Å².